The quantitative estimate of drug-likeness (QED) is 0.878. The molecule has 1 aromatic carbocycles. The predicted molar refractivity (Wildman–Crippen MR) is 85.0 cm³/mol. The Labute approximate surface area is 126 Å². The lowest BCUT2D eigenvalue weighted by Crippen LogP contribution is -2.47. The van der Waals surface area contributed by atoms with Gasteiger partial charge in [-0.25, -0.2) is 9.97 Å². The van der Waals surface area contributed by atoms with E-state index in [-0.39, 0.29) is 5.41 Å². The van der Waals surface area contributed by atoms with Crippen LogP contribution in [0.1, 0.15) is 49.8 Å². The van der Waals surface area contributed by atoms with Crippen molar-refractivity contribution in [3.05, 3.63) is 60.2 Å². The summed E-state index contributed by atoms with van der Waals surface area (Å²) in [4.78, 5) is 8.46. The summed E-state index contributed by atoms with van der Waals surface area (Å²) >= 11 is 0. The Bertz CT molecular complexity index is 549. The van der Waals surface area contributed by atoms with Gasteiger partial charge in [0.15, 0.2) is 0 Å². The van der Waals surface area contributed by atoms with Gasteiger partial charge in [0.25, 0.3) is 0 Å². The second kappa shape index (κ2) is 6.35. The van der Waals surface area contributed by atoms with E-state index in [9.17, 15) is 0 Å². The standard InChI is InChI=1S/C18H23N3/c1-2-11-21-17(15-12-19-14-20-13-15)18(9-6-10-18)16-7-4-3-5-8-16/h3-5,7-8,12-14,17,21H,2,6,9-11H2,1H3. The van der Waals surface area contributed by atoms with Crippen LogP contribution in [0.15, 0.2) is 49.1 Å². The third-order valence-corrected chi connectivity index (χ3v) is 4.66. The maximum atomic E-state index is 4.23. The average Bonchev–Trinajstić information content (AvgIpc) is 2.51. The van der Waals surface area contributed by atoms with Gasteiger partial charge >= 0.3 is 0 Å². The molecule has 1 N–H and O–H groups in total. The molecule has 1 aromatic heterocycles. The fraction of sp³-hybridized carbons (Fsp3) is 0.444. The summed E-state index contributed by atoms with van der Waals surface area (Å²) in [6.07, 6.45) is 10.4. The summed E-state index contributed by atoms with van der Waals surface area (Å²) in [5, 5.41) is 3.75. The van der Waals surface area contributed by atoms with Crippen molar-refractivity contribution < 1.29 is 0 Å². The topological polar surface area (TPSA) is 37.8 Å². The third-order valence-electron chi connectivity index (χ3n) is 4.66. The van der Waals surface area contributed by atoms with Crippen molar-refractivity contribution in [2.45, 2.75) is 44.1 Å². The maximum absolute atomic E-state index is 4.23. The lowest BCUT2D eigenvalue weighted by Gasteiger charge is -2.48. The molecule has 2 aromatic rings. The fourth-order valence-electron chi connectivity index (χ4n) is 3.45. The third kappa shape index (κ3) is 2.70. The molecule has 0 bridgehead atoms. The van der Waals surface area contributed by atoms with Gasteiger partial charge in [-0.05, 0) is 31.4 Å². The molecule has 110 valence electrons. The normalized spacial score (nSPS) is 18.0. The van der Waals surface area contributed by atoms with Crippen LogP contribution in [0.25, 0.3) is 0 Å². The minimum atomic E-state index is 0.196. The molecule has 3 heteroatoms. The van der Waals surface area contributed by atoms with Crippen molar-refractivity contribution in [3.8, 4) is 0 Å². The molecule has 1 fully saturated rings. The van der Waals surface area contributed by atoms with Gasteiger partial charge in [0.1, 0.15) is 6.33 Å². The van der Waals surface area contributed by atoms with E-state index in [2.05, 4.69) is 52.5 Å². The van der Waals surface area contributed by atoms with Gasteiger partial charge in [-0.1, -0.05) is 43.7 Å². The van der Waals surface area contributed by atoms with Crippen LogP contribution in [0.4, 0.5) is 0 Å². The molecule has 1 unspecified atom stereocenters. The van der Waals surface area contributed by atoms with Crippen molar-refractivity contribution in [2.75, 3.05) is 6.54 Å². The Kier molecular flexibility index (Phi) is 4.30. The maximum Gasteiger partial charge on any atom is 0.115 e. The van der Waals surface area contributed by atoms with Gasteiger partial charge in [0.2, 0.25) is 0 Å². The van der Waals surface area contributed by atoms with Crippen LogP contribution in [-0.2, 0) is 5.41 Å². The van der Waals surface area contributed by atoms with Crippen LogP contribution in [0.3, 0.4) is 0 Å². The second-order valence-corrected chi connectivity index (χ2v) is 5.93. The van der Waals surface area contributed by atoms with Gasteiger partial charge in [-0.3, -0.25) is 0 Å². The van der Waals surface area contributed by atoms with E-state index in [1.165, 1.54) is 30.4 Å². The molecule has 0 aliphatic heterocycles. The zero-order valence-electron chi connectivity index (χ0n) is 12.6. The Hall–Kier alpha value is -1.74. The highest BCUT2D eigenvalue weighted by Gasteiger charge is 2.45. The summed E-state index contributed by atoms with van der Waals surface area (Å²) in [6.45, 7) is 3.23. The summed E-state index contributed by atoms with van der Waals surface area (Å²) in [5.41, 5.74) is 2.84. The first kappa shape index (κ1) is 14.2. The SMILES string of the molecule is CCCNC(c1cncnc1)C1(c2ccccc2)CCC1. The minimum Gasteiger partial charge on any atom is -0.309 e. The molecular formula is C18H23N3. The fourth-order valence-corrected chi connectivity index (χ4v) is 3.45. The van der Waals surface area contributed by atoms with Gasteiger partial charge < -0.3 is 5.32 Å². The predicted octanol–water partition coefficient (Wildman–Crippen LogP) is 3.64. The Morgan fingerprint density at radius 1 is 1.14 bits per heavy atom. The van der Waals surface area contributed by atoms with Crippen LogP contribution in [0, 0.1) is 0 Å². The molecule has 0 amide bonds. The molecule has 3 nitrogen and oxygen atoms in total. The van der Waals surface area contributed by atoms with Gasteiger partial charge in [-0.15, -0.1) is 0 Å². The van der Waals surface area contributed by atoms with Crippen molar-refractivity contribution in [2.24, 2.45) is 0 Å². The minimum absolute atomic E-state index is 0.196. The van der Waals surface area contributed by atoms with Gasteiger partial charge in [-0.2, -0.15) is 0 Å². The molecular weight excluding hydrogens is 258 g/mol. The van der Waals surface area contributed by atoms with E-state index in [0.29, 0.717) is 6.04 Å². The van der Waals surface area contributed by atoms with Crippen LogP contribution in [0.5, 0.6) is 0 Å². The number of nitrogens with zero attached hydrogens (tertiary/aromatic N) is 2. The van der Waals surface area contributed by atoms with E-state index in [4.69, 9.17) is 0 Å². The first-order valence-electron chi connectivity index (χ1n) is 7.90. The highest BCUT2D eigenvalue weighted by molar-refractivity contribution is 5.34. The molecule has 1 saturated carbocycles. The second-order valence-electron chi connectivity index (χ2n) is 5.93. The molecule has 0 spiro atoms. The number of rotatable bonds is 6. The molecule has 0 radical (unpaired) electrons. The first-order valence-corrected chi connectivity index (χ1v) is 7.90. The van der Waals surface area contributed by atoms with E-state index in [1.807, 2.05) is 12.4 Å². The van der Waals surface area contributed by atoms with Crippen molar-refractivity contribution in [1.82, 2.24) is 15.3 Å². The van der Waals surface area contributed by atoms with Crippen LogP contribution < -0.4 is 5.32 Å². The highest BCUT2D eigenvalue weighted by atomic mass is 15.0. The number of aromatic nitrogens is 2. The number of hydrogen-bond donors (Lipinski definition) is 1. The van der Waals surface area contributed by atoms with E-state index in [0.717, 1.165) is 13.0 Å². The highest BCUT2D eigenvalue weighted by Crippen LogP contribution is 2.51. The zero-order chi connectivity index (χ0) is 14.5. The number of nitrogens with one attached hydrogen (secondary N) is 1. The first-order chi connectivity index (χ1) is 10.4. The lowest BCUT2D eigenvalue weighted by atomic mass is 9.59. The molecule has 0 saturated heterocycles. The zero-order valence-corrected chi connectivity index (χ0v) is 12.6. The van der Waals surface area contributed by atoms with Crippen LogP contribution in [-0.4, -0.2) is 16.5 Å². The molecule has 3 rings (SSSR count). The Balaban J connectivity index is 1.98. The summed E-state index contributed by atoms with van der Waals surface area (Å²) in [6, 6.07) is 11.2. The smallest absolute Gasteiger partial charge is 0.115 e. The summed E-state index contributed by atoms with van der Waals surface area (Å²) in [7, 11) is 0. The Morgan fingerprint density at radius 2 is 1.86 bits per heavy atom. The number of benzene rings is 1. The molecule has 1 heterocycles. The molecule has 21 heavy (non-hydrogen) atoms. The molecule has 1 aliphatic carbocycles. The lowest BCUT2D eigenvalue weighted by molar-refractivity contribution is 0.169. The summed E-state index contributed by atoms with van der Waals surface area (Å²) < 4.78 is 0. The van der Waals surface area contributed by atoms with Gasteiger partial charge in [0, 0.05) is 29.4 Å². The largest absolute Gasteiger partial charge is 0.309 e. The van der Waals surface area contributed by atoms with E-state index in [1.54, 1.807) is 6.33 Å². The summed E-state index contributed by atoms with van der Waals surface area (Å²) in [5.74, 6) is 0. The van der Waals surface area contributed by atoms with E-state index >= 15 is 0 Å². The van der Waals surface area contributed by atoms with Crippen LogP contribution >= 0.6 is 0 Å². The number of hydrogen-bond acceptors (Lipinski definition) is 3. The van der Waals surface area contributed by atoms with E-state index < -0.39 is 0 Å². The van der Waals surface area contributed by atoms with Crippen molar-refractivity contribution in [3.63, 3.8) is 0 Å². The molecule has 1 aliphatic rings. The Morgan fingerprint density at radius 3 is 2.43 bits per heavy atom. The monoisotopic (exact) mass is 281 g/mol. The molecule has 1 atom stereocenters. The van der Waals surface area contributed by atoms with Crippen molar-refractivity contribution in [1.29, 1.82) is 0 Å². The average molecular weight is 281 g/mol. The van der Waals surface area contributed by atoms with Crippen LogP contribution in [0.2, 0.25) is 0 Å². The van der Waals surface area contributed by atoms with Crippen molar-refractivity contribution >= 4 is 0 Å². The van der Waals surface area contributed by atoms with Gasteiger partial charge in [0.05, 0.1) is 0 Å².